The topological polar surface area (TPSA) is 12.0 Å². The van der Waals surface area contributed by atoms with Gasteiger partial charge in [0.1, 0.15) is 5.82 Å². The summed E-state index contributed by atoms with van der Waals surface area (Å²) in [7, 11) is 0. The summed E-state index contributed by atoms with van der Waals surface area (Å²) in [5, 5.41) is 3.44. The van der Waals surface area contributed by atoms with Gasteiger partial charge in [0, 0.05) is 0 Å². The van der Waals surface area contributed by atoms with Crippen molar-refractivity contribution in [2.75, 3.05) is 13.1 Å². The Morgan fingerprint density at radius 1 is 1.24 bits per heavy atom. The number of rotatable bonds is 7. The van der Waals surface area contributed by atoms with Crippen LogP contribution in [0.15, 0.2) is 24.3 Å². The van der Waals surface area contributed by atoms with Gasteiger partial charge in [-0.15, -0.1) is 0 Å². The minimum absolute atomic E-state index is 0.133. The van der Waals surface area contributed by atoms with Gasteiger partial charge in [-0.3, -0.25) is 0 Å². The molecule has 0 aliphatic heterocycles. The third-order valence-electron chi connectivity index (χ3n) is 3.31. The Hall–Kier alpha value is -0.890. The largest absolute Gasteiger partial charge is 0.316 e. The number of benzene rings is 1. The average Bonchev–Trinajstić information content (AvgIpc) is 2.29. The van der Waals surface area contributed by atoms with Crippen LogP contribution in [0.4, 0.5) is 4.39 Å². The van der Waals surface area contributed by atoms with Gasteiger partial charge in [-0.2, -0.15) is 0 Å². The van der Waals surface area contributed by atoms with Crippen LogP contribution in [0.5, 0.6) is 0 Å². The molecule has 0 amide bonds. The van der Waals surface area contributed by atoms with Gasteiger partial charge in [-0.1, -0.05) is 32.9 Å². The van der Waals surface area contributed by atoms with Crippen molar-refractivity contribution in [3.05, 3.63) is 35.6 Å². The number of nitrogens with one attached hydrogen (secondary N) is 1. The lowest BCUT2D eigenvalue weighted by Crippen LogP contribution is -2.26. The lowest BCUT2D eigenvalue weighted by molar-refractivity contribution is 0.365. The third-order valence-corrected chi connectivity index (χ3v) is 3.31. The zero-order valence-electron chi connectivity index (χ0n) is 11.2. The molecule has 1 aromatic rings. The highest BCUT2D eigenvalue weighted by Gasteiger charge is 2.12. The Kier molecular flexibility index (Phi) is 6.20. The fourth-order valence-corrected chi connectivity index (χ4v) is 1.94. The first kappa shape index (κ1) is 14.2. The normalized spacial score (nSPS) is 14.6. The van der Waals surface area contributed by atoms with Gasteiger partial charge in [-0.05, 0) is 55.5 Å². The molecule has 0 aliphatic carbocycles. The molecule has 2 atom stereocenters. The van der Waals surface area contributed by atoms with Gasteiger partial charge < -0.3 is 5.32 Å². The van der Waals surface area contributed by atoms with Gasteiger partial charge in [0.25, 0.3) is 0 Å². The second kappa shape index (κ2) is 7.44. The van der Waals surface area contributed by atoms with Crippen molar-refractivity contribution in [3.63, 3.8) is 0 Å². The van der Waals surface area contributed by atoms with Gasteiger partial charge in [-0.25, -0.2) is 4.39 Å². The summed E-state index contributed by atoms with van der Waals surface area (Å²) in [6.07, 6.45) is 2.12. The van der Waals surface area contributed by atoms with Crippen molar-refractivity contribution in [3.8, 4) is 0 Å². The van der Waals surface area contributed by atoms with E-state index >= 15 is 0 Å². The van der Waals surface area contributed by atoms with Gasteiger partial charge >= 0.3 is 0 Å². The monoisotopic (exact) mass is 237 g/mol. The molecule has 0 saturated heterocycles. The second-order valence-electron chi connectivity index (χ2n) is 4.99. The van der Waals surface area contributed by atoms with Crippen molar-refractivity contribution in [1.82, 2.24) is 5.32 Å². The van der Waals surface area contributed by atoms with Crippen LogP contribution in [0.2, 0.25) is 0 Å². The molecule has 0 radical (unpaired) electrons. The second-order valence-corrected chi connectivity index (χ2v) is 4.99. The lowest BCUT2D eigenvalue weighted by Gasteiger charge is -2.20. The Balaban J connectivity index is 2.39. The van der Waals surface area contributed by atoms with E-state index in [0.29, 0.717) is 11.8 Å². The van der Waals surface area contributed by atoms with E-state index in [2.05, 4.69) is 26.1 Å². The molecule has 96 valence electrons. The molecule has 1 rings (SSSR count). The van der Waals surface area contributed by atoms with Gasteiger partial charge in [0.05, 0.1) is 0 Å². The minimum atomic E-state index is -0.133. The summed E-state index contributed by atoms with van der Waals surface area (Å²) in [5.74, 6) is 1.05. The van der Waals surface area contributed by atoms with Gasteiger partial charge in [0.2, 0.25) is 0 Å². The molecule has 17 heavy (non-hydrogen) atoms. The Morgan fingerprint density at radius 3 is 2.65 bits per heavy atom. The summed E-state index contributed by atoms with van der Waals surface area (Å²) in [6, 6.07) is 6.94. The smallest absolute Gasteiger partial charge is 0.123 e. The molecule has 0 spiro atoms. The maximum Gasteiger partial charge on any atom is 0.123 e. The van der Waals surface area contributed by atoms with Crippen molar-refractivity contribution in [2.45, 2.75) is 33.6 Å². The summed E-state index contributed by atoms with van der Waals surface area (Å²) in [4.78, 5) is 0. The van der Waals surface area contributed by atoms with Crippen LogP contribution < -0.4 is 5.32 Å². The fraction of sp³-hybridized carbons (Fsp3) is 0.600. The maximum atomic E-state index is 13.1. The molecule has 1 nitrogen and oxygen atoms in total. The molecule has 0 saturated carbocycles. The SMILES string of the molecule is CCCNCC(C)C(C)Cc1cccc(F)c1. The minimum Gasteiger partial charge on any atom is -0.316 e. The molecule has 0 aromatic heterocycles. The van der Waals surface area contributed by atoms with E-state index in [9.17, 15) is 4.39 Å². The van der Waals surface area contributed by atoms with Crippen LogP contribution in [0.1, 0.15) is 32.8 Å². The molecule has 0 heterocycles. The molecule has 2 heteroatoms. The Labute approximate surface area is 104 Å². The summed E-state index contributed by atoms with van der Waals surface area (Å²) >= 11 is 0. The first-order chi connectivity index (χ1) is 8.13. The standard InChI is InChI=1S/C15H24FN/c1-4-8-17-11-13(3)12(2)9-14-6-5-7-15(16)10-14/h5-7,10,12-13,17H,4,8-9,11H2,1-3H3. The first-order valence-electron chi connectivity index (χ1n) is 6.58. The highest BCUT2D eigenvalue weighted by atomic mass is 19.1. The first-order valence-corrected chi connectivity index (χ1v) is 6.58. The third kappa shape index (κ3) is 5.31. The summed E-state index contributed by atoms with van der Waals surface area (Å²) in [5.41, 5.74) is 1.10. The van der Waals surface area contributed by atoms with E-state index < -0.39 is 0 Å². The zero-order valence-corrected chi connectivity index (χ0v) is 11.2. The highest BCUT2D eigenvalue weighted by Crippen LogP contribution is 2.17. The van der Waals surface area contributed by atoms with Crippen LogP contribution in [-0.4, -0.2) is 13.1 Å². The fourth-order valence-electron chi connectivity index (χ4n) is 1.94. The van der Waals surface area contributed by atoms with E-state index in [4.69, 9.17) is 0 Å². The number of hydrogen-bond acceptors (Lipinski definition) is 1. The molecule has 1 N–H and O–H groups in total. The molecule has 0 fully saturated rings. The maximum absolute atomic E-state index is 13.1. The van der Waals surface area contributed by atoms with Crippen molar-refractivity contribution >= 4 is 0 Å². The molecular formula is C15H24FN. The van der Waals surface area contributed by atoms with Crippen molar-refractivity contribution in [1.29, 1.82) is 0 Å². The summed E-state index contributed by atoms with van der Waals surface area (Å²) in [6.45, 7) is 8.80. The van der Waals surface area contributed by atoms with Crippen LogP contribution >= 0.6 is 0 Å². The van der Waals surface area contributed by atoms with E-state index in [1.807, 2.05) is 6.07 Å². The van der Waals surface area contributed by atoms with E-state index in [1.54, 1.807) is 12.1 Å². The van der Waals surface area contributed by atoms with E-state index in [1.165, 1.54) is 12.5 Å². The lowest BCUT2D eigenvalue weighted by atomic mass is 9.89. The predicted molar refractivity (Wildman–Crippen MR) is 71.6 cm³/mol. The van der Waals surface area contributed by atoms with Crippen LogP contribution in [-0.2, 0) is 6.42 Å². The highest BCUT2D eigenvalue weighted by molar-refractivity contribution is 5.16. The van der Waals surface area contributed by atoms with Gasteiger partial charge in [0.15, 0.2) is 0 Å². The quantitative estimate of drug-likeness (QED) is 0.714. The van der Waals surface area contributed by atoms with Crippen LogP contribution in [0, 0.1) is 17.7 Å². The molecular weight excluding hydrogens is 213 g/mol. The van der Waals surface area contributed by atoms with Crippen molar-refractivity contribution in [2.24, 2.45) is 11.8 Å². The van der Waals surface area contributed by atoms with E-state index in [-0.39, 0.29) is 5.82 Å². The van der Waals surface area contributed by atoms with Crippen molar-refractivity contribution < 1.29 is 4.39 Å². The number of hydrogen-bond donors (Lipinski definition) is 1. The Morgan fingerprint density at radius 2 is 2.00 bits per heavy atom. The zero-order chi connectivity index (χ0) is 12.7. The van der Waals surface area contributed by atoms with E-state index in [0.717, 1.165) is 25.1 Å². The van der Waals surface area contributed by atoms with Crippen LogP contribution in [0.3, 0.4) is 0 Å². The molecule has 0 aliphatic rings. The Bertz CT molecular complexity index is 324. The predicted octanol–water partition coefficient (Wildman–Crippen LogP) is 3.64. The average molecular weight is 237 g/mol. The number of halogens is 1. The molecule has 0 bridgehead atoms. The molecule has 2 unspecified atom stereocenters. The molecule has 1 aromatic carbocycles. The summed E-state index contributed by atoms with van der Waals surface area (Å²) < 4.78 is 13.1. The van der Waals surface area contributed by atoms with Crippen LogP contribution in [0.25, 0.3) is 0 Å².